The predicted octanol–water partition coefficient (Wildman–Crippen LogP) is 3.85. The number of fused-ring (bicyclic) bond motifs is 1. The molecule has 4 nitrogen and oxygen atoms in total. The lowest BCUT2D eigenvalue weighted by Gasteiger charge is -2.36. The Kier molecular flexibility index (Phi) is 4.59. The zero-order valence-electron chi connectivity index (χ0n) is 13.7. The summed E-state index contributed by atoms with van der Waals surface area (Å²) in [5, 5.41) is 9.89. The zero-order valence-corrected chi connectivity index (χ0v) is 14.5. The third-order valence-corrected chi connectivity index (χ3v) is 5.81. The first-order valence-corrected chi connectivity index (χ1v) is 8.92. The SMILES string of the molecule is CCOC(=O)c1c(N)sc2c1CCC(CC#N)(c1ccccc1)C2. The van der Waals surface area contributed by atoms with Gasteiger partial charge in [0.2, 0.25) is 0 Å². The van der Waals surface area contributed by atoms with Gasteiger partial charge in [-0.15, -0.1) is 11.3 Å². The summed E-state index contributed by atoms with van der Waals surface area (Å²) in [6.45, 7) is 2.13. The third-order valence-electron chi connectivity index (χ3n) is 4.75. The van der Waals surface area contributed by atoms with Gasteiger partial charge in [-0.3, -0.25) is 0 Å². The number of thiophene rings is 1. The van der Waals surface area contributed by atoms with Crippen molar-refractivity contribution in [3.8, 4) is 6.07 Å². The number of esters is 1. The van der Waals surface area contributed by atoms with Gasteiger partial charge >= 0.3 is 5.97 Å². The quantitative estimate of drug-likeness (QED) is 0.858. The van der Waals surface area contributed by atoms with Crippen molar-refractivity contribution in [1.82, 2.24) is 0 Å². The molecular formula is C19H20N2O2S. The molecule has 1 heterocycles. The number of nitriles is 1. The van der Waals surface area contributed by atoms with Gasteiger partial charge in [-0.05, 0) is 37.3 Å². The molecule has 1 atom stereocenters. The molecule has 0 fully saturated rings. The lowest BCUT2D eigenvalue weighted by atomic mass is 9.67. The molecule has 1 aliphatic rings. The maximum Gasteiger partial charge on any atom is 0.341 e. The standard InChI is InChI=1S/C19H20N2O2S/c1-2-23-18(22)16-14-8-9-19(10-11-20,12-15(14)24-17(16)21)13-6-4-3-5-7-13/h3-7H,2,8-10,12,21H2,1H3. The van der Waals surface area contributed by atoms with Crippen molar-refractivity contribution in [2.45, 2.75) is 38.0 Å². The first-order valence-electron chi connectivity index (χ1n) is 8.11. The first-order chi connectivity index (χ1) is 11.6. The highest BCUT2D eigenvalue weighted by Crippen LogP contribution is 2.46. The summed E-state index contributed by atoms with van der Waals surface area (Å²) in [4.78, 5) is 13.3. The molecule has 1 unspecified atom stereocenters. The van der Waals surface area contributed by atoms with Crippen LogP contribution in [0.2, 0.25) is 0 Å². The minimum atomic E-state index is -0.333. The van der Waals surface area contributed by atoms with E-state index in [0.29, 0.717) is 23.6 Å². The zero-order chi connectivity index (χ0) is 17.2. The number of rotatable bonds is 4. The van der Waals surface area contributed by atoms with Gasteiger partial charge in [0.05, 0.1) is 18.2 Å². The average molecular weight is 340 g/mol. The minimum absolute atomic E-state index is 0.202. The van der Waals surface area contributed by atoms with Crippen LogP contribution in [0.3, 0.4) is 0 Å². The molecule has 0 amide bonds. The van der Waals surface area contributed by atoms with E-state index in [9.17, 15) is 10.1 Å². The molecule has 1 aromatic heterocycles. The molecule has 1 aliphatic carbocycles. The van der Waals surface area contributed by atoms with Crippen LogP contribution in [0.1, 0.15) is 46.1 Å². The normalized spacial score (nSPS) is 19.3. The number of hydrogen-bond donors (Lipinski definition) is 1. The maximum atomic E-state index is 12.2. The second kappa shape index (κ2) is 6.66. The fourth-order valence-electron chi connectivity index (χ4n) is 3.57. The highest BCUT2D eigenvalue weighted by atomic mass is 32.1. The number of nitrogens with zero attached hydrogens (tertiary/aromatic N) is 1. The van der Waals surface area contributed by atoms with Crippen molar-refractivity contribution in [3.05, 3.63) is 51.9 Å². The summed E-state index contributed by atoms with van der Waals surface area (Å²) in [6, 6.07) is 12.5. The van der Waals surface area contributed by atoms with Gasteiger partial charge in [-0.25, -0.2) is 4.79 Å². The minimum Gasteiger partial charge on any atom is -0.462 e. The smallest absolute Gasteiger partial charge is 0.341 e. The third kappa shape index (κ3) is 2.78. The lowest BCUT2D eigenvalue weighted by molar-refractivity contribution is 0.0526. The van der Waals surface area contributed by atoms with Crippen LogP contribution in [-0.4, -0.2) is 12.6 Å². The summed E-state index contributed by atoms with van der Waals surface area (Å²) >= 11 is 1.46. The van der Waals surface area contributed by atoms with Gasteiger partial charge in [0.25, 0.3) is 0 Å². The summed E-state index contributed by atoms with van der Waals surface area (Å²) < 4.78 is 5.15. The van der Waals surface area contributed by atoms with E-state index in [2.05, 4.69) is 18.2 Å². The molecule has 5 heteroatoms. The molecule has 124 valence electrons. The predicted molar refractivity (Wildman–Crippen MR) is 95.1 cm³/mol. The highest BCUT2D eigenvalue weighted by Gasteiger charge is 2.39. The molecule has 0 spiro atoms. The monoisotopic (exact) mass is 340 g/mol. The van der Waals surface area contributed by atoms with Gasteiger partial charge in [0.1, 0.15) is 5.00 Å². The summed E-state index contributed by atoms with van der Waals surface area (Å²) in [7, 11) is 0. The Morgan fingerprint density at radius 3 is 2.83 bits per heavy atom. The van der Waals surface area contributed by atoms with E-state index in [1.54, 1.807) is 6.92 Å². The van der Waals surface area contributed by atoms with Crippen LogP contribution in [0.15, 0.2) is 30.3 Å². The van der Waals surface area contributed by atoms with E-state index in [4.69, 9.17) is 10.5 Å². The number of hydrogen-bond acceptors (Lipinski definition) is 5. The van der Waals surface area contributed by atoms with Gasteiger partial charge < -0.3 is 10.5 Å². The Balaban J connectivity index is 2.01. The number of benzene rings is 1. The van der Waals surface area contributed by atoms with Crippen molar-refractivity contribution in [3.63, 3.8) is 0 Å². The van der Waals surface area contributed by atoms with Gasteiger partial charge in [-0.2, -0.15) is 5.26 Å². The number of anilines is 1. The van der Waals surface area contributed by atoms with E-state index < -0.39 is 0 Å². The van der Waals surface area contributed by atoms with E-state index in [1.807, 2.05) is 18.2 Å². The lowest BCUT2D eigenvalue weighted by Crippen LogP contribution is -2.33. The van der Waals surface area contributed by atoms with Crippen molar-refractivity contribution < 1.29 is 9.53 Å². The van der Waals surface area contributed by atoms with Crippen LogP contribution in [0.25, 0.3) is 0 Å². The Bertz CT molecular complexity index is 792. The Morgan fingerprint density at radius 2 is 2.17 bits per heavy atom. The van der Waals surface area contributed by atoms with Crippen molar-refractivity contribution in [2.24, 2.45) is 0 Å². The first kappa shape index (κ1) is 16.5. The topological polar surface area (TPSA) is 76.1 Å². The number of nitrogen functional groups attached to an aromatic ring is 1. The summed E-state index contributed by atoms with van der Waals surface area (Å²) in [5.41, 5.74) is 8.64. The van der Waals surface area contributed by atoms with Crippen LogP contribution in [-0.2, 0) is 23.0 Å². The number of carbonyl (C=O) groups excluding carboxylic acids is 1. The molecule has 2 N–H and O–H groups in total. The van der Waals surface area contributed by atoms with Crippen molar-refractivity contribution >= 4 is 22.3 Å². The van der Waals surface area contributed by atoms with Gasteiger partial charge in [0, 0.05) is 16.7 Å². The molecule has 0 bridgehead atoms. The van der Waals surface area contributed by atoms with Crippen LogP contribution < -0.4 is 5.73 Å². The summed E-state index contributed by atoms with van der Waals surface area (Å²) in [5.74, 6) is -0.333. The van der Waals surface area contributed by atoms with E-state index in [1.165, 1.54) is 16.9 Å². The molecule has 0 radical (unpaired) electrons. The van der Waals surface area contributed by atoms with E-state index >= 15 is 0 Å². The molecule has 24 heavy (non-hydrogen) atoms. The van der Waals surface area contributed by atoms with E-state index in [-0.39, 0.29) is 11.4 Å². The van der Waals surface area contributed by atoms with Gasteiger partial charge in [0.15, 0.2) is 0 Å². The molecular weight excluding hydrogens is 320 g/mol. The van der Waals surface area contributed by atoms with Crippen molar-refractivity contribution in [2.75, 3.05) is 12.3 Å². The number of ether oxygens (including phenoxy) is 1. The fraction of sp³-hybridized carbons (Fsp3) is 0.368. The molecule has 0 saturated heterocycles. The molecule has 2 aromatic rings. The molecule has 0 aliphatic heterocycles. The van der Waals surface area contributed by atoms with Crippen LogP contribution in [0.4, 0.5) is 5.00 Å². The molecule has 1 aromatic carbocycles. The summed E-state index contributed by atoms with van der Waals surface area (Å²) in [6.07, 6.45) is 2.78. The number of nitrogens with two attached hydrogens (primary N) is 1. The Morgan fingerprint density at radius 1 is 1.42 bits per heavy atom. The fourth-order valence-corrected chi connectivity index (χ4v) is 4.82. The molecule has 3 rings (SSSR count). The Labute approximate surface area is 145 Å². The average Bonchev–Trinajstić information content (AvgIpc) is 2.91. The Hall–Kier alpha value is -2.32. The largest absolute Gasteiger partial charge is 0.462 e. The highest BCUT2D eigenvalue weighted by molar-refractivity contribution is 7.16. The van der Waals surface area contributed by atoms with Crippen molar-refractivity contribution in [1.29, 1.82) is 5.26 Å². The van der Waals surface area contributed by atoms with Crippen LogP contribution in [0.5, 0.6) is 0 Å². The van der Waals surface area contributed by atoms with E-state index in [0.717, 1.165) is 29.7 Å². The number of carbonyl (C=O) groups is 1. The van der Waals surface area contributed by atoms with Crippen LogP contribution >= 0.6 is 11.3 Å². The molecule has 0 saturated carbocycles. The second-order valence-electron chi connectivity index (χ2n) is 6.12. The second-order valence-corrected chi connectivity index (χ2v) is 7.26. The maximum absolute atomic E-state index is 12.2. The van der Waals surface area contributed by atoms with Gasteiger partial charge in [-0.1, -0.05) is 30.3 Å². The van der Waals surface area contributed by atoms with Crippen LogP contribution in [0, 0.1) is 11.3 Å².